The van der Waals surface area contributed by atoms with Crippen molar-refractivity contribution in [3.63, 3.8) is 0 Å². The fourth-order valence-electron chi connectivity index (χ4n) is 2.94. The summed E-state index contributed by atoms with van der Waals surface area (Å²) in [6, 6.07) is 15.0. The number of benzene rings is 2. The highest BCUT2D eigenvalue weighted by Crippen LogP contribution is 2.16. The van der Waals surface area contributed by atoms with Crippen molar-refractivity contribution in [1.29, 1.82) is 0 Å². The first-order chi connectivity index (χ1) is 14.2. The number of rotatable bonds is 9. The predicted octanol–water partition coefficient (Wildman–Crippen LogP) is 2.17. The summed E-state index contributed by atoms with van der Waals surface area (Å²) in [5.41, 5.74) is 1.79. The Kier molecular flexibility index (Phi) is 8.14. The van der Waals surface area contributed by atoms with Gasteiger partial charge in [0.05, 0.1) is 11.4 Å². The van der Waals surface area contributed by atoms with Gasteiger partial charge in [-0.15, -0.1) is 0 Å². The summed E-state index contributed by atoms with van der Waals surface area (Å²) in [4.78, 5) is 27.0. The fourth-order valence-corrected chi connectivity index (χ4v) is 4.06. The second-order valence-electron chi connectivity index (χ2n) is 7.15. The molecular formula is C22H29N3O4S. The van der Waals surface area contributed by atoms with Crippen LogP contribution >= 0.6 is 0 Å². The van der Waals surface area contributed by atoms with E-state index < -0.39 is 22.0 Å². The summed E-state index contributed by atoms with van der Waals surface area (Å²) in [6.07, 6.45) is 0. The van der Waals surface area contributed by atoms with Crippen LogP contribution in [0.3, 0.4) is 0 Å². The van der Waals surface area contributed by atoms with E-state index >= 15 is 0 Å². The summed E-state index contributed by atoms with van der Waals surface area (Å²) in [6.45, 7) is 5.59. The van der Waals surface area contributed by atoms with E-state index in [1.165, 1.54) is 24.1 Å². The molecule has 162 valence electrons. The van der Waals surface area contributed by atoms with E-state index in [1.807, 2.05) is 37.3 Å². The summed E-state index contributed by atoms with van der Waals surface area (Å²) in [5, 5.41) is 2.72. The molecule has 0 spiro atoms. The minimum atomic E-state index is -3.83. The molecule has 0 aliphatic carbocycles. The highest BCUT2D eigenvalue weighted by molar-refractivity contribution is 7.89. The van der Waals surface area contributed by atoms with Crippen molar-refractivity contribution >= 4 is 21.8 Å². The number of likely N-dealkylation sites (N-methyl/N-ethyl adjacent to an activating group) is 2. The Morgan fingerprint density at radius 2 is 1.63 bits per heavy atom. The van der Waals surface area contributed by atoms with Crippen molar-refractivity contribution in [2.75, 3.05) is 20.1 Å². The first kappa shape index (κ1) is 23.6. The monoisotopic (exact) mass is 431 g/mol. The number of aryl methyl sites for hydroxylation is 1. The van der Waals surface area contributed by atoms with Crippen LogP contribution in [0.5, 0.6) is 0 Å². The van der Waals surface area contributed by atoms with Crippen LogP contribution in [0.2, 0.25) is 0 Å². The molecule has 2 rings (SSSR count). The molecule has 2 aromatic carbocycles. The van der Waals surface area contributed by atoms with Crippen molar-refractivity contribution in [2.24, 2.45) is 0 Å². The van der Waals surface area contributed by atoms with E-state index in [9.17, 15) is 18.0 Å². The molecule has 2 amide bonds. The molecule has 2 aromatic rings. The van der Waals surface area contributed by atoms with Crippen molar-refractivity contribution in [3.8, 4) is 0 Å². The Balaban J connectivity index is 2.23. The summed E-state index contributed by atoms with van der Waals surface area (Å²) >= 11 is 0. The Morgan fingerprint density at radius 3 is 2.20 bits per heavy atom. The Labute approximate surface area is 178 Å². The molecule has 0 heterocycles. The van der Waals surface area contributed by atoms with Gasteiger partial charge < -0.3 is 10.2 Å². The molecule has 0 fully saturated rings. The van der Waals surface area contributed by atoms with Crippen LogP contribution in [0.25, 0.3) is 0 Å². The first-order valence-corrected chi connectivity index (χ1v) is 11.2. The summed E-state index contributed by atoms with van der Waals surface area (Å²) < 4.78 is 26.7. The SMILES string of the molecule is CCNC(=O)C(C)N(Cc1ccccc1)C(=O)CN(C)S(=O)(=O)c1ccc(C)cc1. The zero-order valence-electron chi connectivity index (χ0n) is 17.8. The lowest BCUT2D eigenvalue weighted by Crippen LogP contribution is -2.50. The van der Waals surface area contributed by atoms with Gasteiger partial charge in [-0.3, -0.25) is 9.59 Å². The molecule has 30 heavy (non-hydrogen) atoms. The van der Waals surface area contributed by atoms with Crippen LogP contribution in [-0.4, -0.2) is 55.6 Å². The van der Waals surface area contributed by atoms with E-state index in [0.29, 0.717) is 6.54 Å². The third-order valence-electron chi connectivity index (χ3n) is 4.80. The number of amides is 2. The maximum atomic E-state index is 13.1. The van der Waals surface area contributed by atoms with E-state index in [-0.39, 0.29) is 23.9 Å². The fraction of sp³-hybridized carbons (Fsp3) is 0.364. The third kappa shape index (κ3) is 5.90. The number of nitrogens with one attached hydrogen (secondary N) is 1. The van der Waals surface area contributed by atoms with Gasteiger partial charge in [0.15, 0.2) is 0 Å². The molecule has 8 heteroatoms. The first-order valence-electron chi connectivity index (χ1n) is 9.81. The second-order valence-corrected chi connectivity index (χ2v) is 9.20. The molecule has 0 aliphatic rings. The van der Waals surface area contributed by atoms with Gasteiger partial charge in [-0.25, -0.2) is 8.42 Å². The molecule has 1 unspecified atom stereocenters. The molecule has 0 saturated heterocycles. The topological polar surface area (TPSA) is 86.8 Å². The molecule has 7 nitrogen and oxygen atoms in total. The largest absolute Gasteiger partial charge is 0.355 e. The number of carbonyl (C=O) groups is 2. The Hall–Kier alpha value is -2.71. The van der Waals surface area contributed by atoms with Gasteiger partial charge >= 0.3 is 0 Å². The van der Waals surface area contributed by atoms with Gasteiger partial charge in [-0.2, -0.15) is 4.31 Å². The number of hydrogen-bond donors (Lipinski definition) is 1. The maximum absolute atomic E-state index is 13.1. The van der Waals surface area contributed by atoms with Crippen molar-refractivity contribution in [2.45, 2.75) is 38.3 Å². The van der Waals surface area contributed by atoms with Crippen LogP contribution in [0.15, 0.2) is 59.5 Å². The predicted molar refractivity (Wildman–Crippen MR) is 116 cm³/mol. The van der Waals surface area contributed by atoms with Gasteiger partial charge in [0.25, 0.3) is 0 Å². The van der Waals surface area contributed by atoms with Crippen LogP contribution in [0.1, 0.15) is 25.0 Å². The van der Waals surface area contributed by atoms with Crippen molar-refractivity contribution in [1.82, 2.24) is 14.5 Å². The average molecular weight is 432 g/mol. The molecule has 0 aromatic heterocycles. The lowest BCUT2D eigenvalue weighted by Gasteiger charge is -2.30. The molecule has 1 N–H and O–H groups in total. The molecule has 0 aliphatic heterocycles. The zero-order chi connectivity index (χ0) is 22.3. The minimum absolute atomic E-state index is 0.120. The molecule has 0 bridgehead atoms. The maximum Gasteiger partial charge on any atom is 0.243 e. The van der Waals surface area contributed by atoms with E-state index in [2.05, 4.69) is 5.32 Å². The molecule has 0 radical (unpaired) electrons. The number of nitrogens with zero attached hydrogens (tertiary/aromatic N) is 2. The van der Waals surface area contributed by atoms with E-state index in [4.69, 9.17) is 0 Å². The van der Waals surface area contributed by atoms with Crippen molar-refractivity contribution < 1.29 is 18.0 Å². The van der Waals surface area contributed by atoms with Gasteiger partial charge in [-0.1, -0.05) is 48.0 Å². The Morgan fingerprint density at radius 1 is 1.03 bits per heavy atom. The van der Waals surface area contributed by atoms with Gasteiger partial charge in [-0.05, 0) is 38.5 Å². The molecule has 0 saturated carbocycles. The number of carbonyl (C=O) groups excluding carboxylic acids is 2. The van der Waals surface area contributed by atoms with Crippen LogP contribution in [-0.2, 0) is 26.2 Å². The minimum Gasteiger partial charge on any atom is -0.355 e. The summed E-state index contributed by atoms with van der Waals surface area (Å²) in [5.74, 6) is -0.735. The molecular weight excluding hydrogens is 402 g/mol. The zero-order valence-corrected chi connectivity index (χ0v) is 18.6. The van der Waals surface area contributed by atoms with Gasteiger partial charge in [0, 0.05) is 20.1 Å². The molecule has 1 atom stereocenters. The normalized spacial score (nSPS) is 12.4. The van der Waals surface area contributed by atoms with Crippen LogP contribution in [0.4, 0.5) is 0 Å². The second kappa shape index (κ2) is 10.4. The van der Waals surface area contributed by atoms with Crippen LogP contribution in [0, 0.1) is 6.92 Å². The lowest BCUT2D eigenvalue weighted by molar-refractivity contribution is -0.140. The smallest absolute Gasteiger partial charge is 0.243 e. The quantitative estimate of drug-likeness (QED) is 0.659. The Bertz CT molecular complexity index is 960. The highest BCUT2D eigenvalue weighted by atomic mass is 32.2. The standard InChI is InChI=1S/C22H29N3O4S/c1-5-23-22(27)18(3)25(15-19-9-7-6-8-10-19)21(26)16-24(4)30(28,29)20-13-11-17(2)12-14-20/h6-14,18H,5,15-16H2,1-4H3,(H,23,27). The van der Waals surface area contributed by atoms with Crippen LogP contribution < -0.4 is 5.32 Å². The van der Waals surface area contributed by atoms with Gasteiger partial charge in [0.2, 0.25) is 21.8 Å². The van der Waals surface area contributed by atoms with E-state index in [0.717, 1.165) is 15.4 Å². The number of sulfonamides is 1. The van der Waals surface area contributed by atoms with Gasteiger partial charge in [0.1, 0.15) is 6.04 Å². The van der Waals surface area contributed by atoms with Crippen molar-refractivity contribution in [3.05, 3.63) is 65.7 Å². The summed E-state index contributed by atoms with van der Waals surface area (Å²) in [7, 11) is -2.46. The lowest BCUT2D eigenvalue weighted by atomic mass is 10.1. The average Bonchev–Trinajstić information content (AvgIpc) is 2.72. The van der Waals surface area contributed by atoms with E-state index in [1.54, 1.807) is 26.0 Å². The third-order valence-corrected chi connectivity index (χ3v) is 6.62. The highest BCUT2D eigenvalue weighted by Gasteiger charge is 2.30. The number of hydrogen-bond acceptors (Lipinski definition) is 4.